The summed E-state index contributed by atoms with van der Waals surface area (Å²) < 4.78 is 2.15. The number of nitrogens with one attached hydrogen (secondary N) is 2. The molecule has 3 heterocycles. The number of hydrogen-bond acceptors (Lipinski definition) is 3. The van der Waals surface area contributed by atoms with Gasteiger partial charge in [-0.15, -0.1) is 0 Å². The van der Waals surface area contributed by atoms with Crippen molar-refractivity contribution in [1.29, 1.82) is 0 Å². The van der Waals surface area contributed by atoms with E-state index in [0.29, 0.717) is 36.6 Å². The van der Waals surface area contributed by atoms with Gasteiger partial charge in [0.2, 0.25) is 5.91 Å². The molecule has 1 saturated carbocycles. The number of hydrogen-bond donors (Lipinski definition) is 2. The van der Waals surface area contributed by atoms with Gasteiger partial charge in [0.1, 0.15) is 5.69 Å². The lowest BCUT2D eigenvalue weighted by molar-refractivity contribution is -0.126. The Morgan fingerprint density at radius 2 is 1.97 bits per heavy atom. The van der Waals surface area contributed by atoms with Crippen molar-refractivity contribution in [2.75, 3.05) is 11.9 Å². The molecule has 7 heteroatoms. The van der Waals surface area contributed by atoms with Crippen LogP contribution in [0.2, 0.25) is 0 Å². The lowest BCUT2D eigenvalue weighted by atomic mass is 9.75. The Bertz CT molecular complexity index is 1370. The third-order valence-corrected chi connectivity index (χ3v) is 7.35. The smallest absolute Gasteiger partial charge is 0.268 e. The van der Waals surface area contributed by atoms with Crippen molar-refractivity contribution >= 4 is 34.3 Å². The number of fused-ring (bicyclic) bond motifs is 5. The second kappa shape index (κ2) is 7.07. The van der Waals surface area contributed by atoms with E-state index in [0.717, 1.165) is 41.3 Å². The van der Waals surface area contributed by atoms with E-state index in [4.69, 9.17) is 0 Å². The maximum Gasteiger partial charge on any atom is 0.268 e. The summed E-state index contributed by atoms with van der Waals surface area (Å²) in [6, 6.07) is 13.3. The van der Waals surface area contributed by atoms with Gasteiger partial charge in [-0.1, -0.05) is 24.8 Å². The van der Waals surface area contributed by atoms with Crippen LogP contribution in [0.25, 0.3) is 10.9 Å². The molecule has 0 radical (unpaired) electrons. The summed E-state index contributed by atoms with van der Waals surface area (Å²) in [5, 5.41) is 7.03. The molecule has 3 amide bonds. The van der Waals surface area contributed by atoms with Gasteiger partial charge in [-0.25, -0.2) is 0 Å². The van der Waals surface area contributed by atoms with Crippen molar-refractivity contribution in [2.24, 2.45) is 0 Å². The third-order valence-electron chi connectivity index (χ3n) is 7.35. The predicted molar refractivity (Wildman–Crippen MR) is 125 cm³/mol. The minimum Gasteiger partial charge on any atom is -0.348 e. The predicted octanol–water partition coefficient (Wildman–Crippen LogP) is 3.54. The Labute approximate surface area is 191 Å². The van der Waals surface area contributed by atoms with Gasteiger partial charge in [-0.05, 0) is 55.2 Å². The van der Waals surface area contributed by atoms with Crippen molar-refractivity contribution in [1.82, 2.24) is 14.8 Å². The third kappa shape index (κ3) is 2.92. The summed E-state index contributed by atoms with van der Waals surface area (Å²) in [5.74, 6) is -0.397. The van der Waals surface area contributed by atoms with Gasteiger partial charge in [0.25, 0.3) is 11.8 Å². The highest BCUT2D eigenvalue weighted by atomic mass is 16.2. The molecule has 7 nitrogen and oxygen atoms in total. The molecule has 2 N–H and O–H groups in total. The largest absolute Gasteiger partial charge is 0.348 e. The Morgan fingerprint density at radius 1 is 1.12 bits per heavy atom. The molecular formula is C26H24N4O3. The monoisotopic (exact) mass is 440 g/mol. The van der Waals surface area contributed by atoms with Crippen molar-refractivity contribution in [3.8, 4) is 0 Å². The zero-order valence-electron chi connectivity index (χ0n) is 18.2. The first-order valence-electron chi connectivity index (χ1n) is 11.3. The molecule has 1 fully saturated rings. The van der Waals surface area contributed by atoms with E-state index < -0.39 is 0 Å². The summed E-state index contributed by atoms with van der Waals surface area (Å²) in [7, 11) is 0. The van der Waals surface area contributed by atoms with Crippen LogP contribution in [0.3, 0.4) is 0 Å². The molecule has 2 aromatic carbocycles. The molecule has 166 valence electrons. The van der Waals surface area contributed by atoms with E-state index in [1.165, 1.54) is 6.08 Å². The molecule has 0 saturated heterocycles. The normalized spacial score (nSPS) is 17.8. The van der Waals surface area contributed by atoms with E-state index in [9.17, 15) is 14.4 Å². The van der Waals surface area contributed by atoms with E-state index in [2.05, 4.69) is 21.8 Å². The molecule has 1 aromatic heterocycles. The Morgan fingerprint density at radius 3 is 2.73 bits per heavy atom. The van der Waals surface area contributed by atoms with E-state index in [1.54, 1.807) is 11.0 Å². The molecule has 2 aliphatic heterocycles. The summed E-state index contributed by atoms with van der Waals surface area (Å²) in [6.45, 7) is 5.15. The van der Waals surface area contributed by atoms with Crippen molar-refractivity contribution in [3.63, 3.8) is 0 Å². The van der Waals surface area contributed by atoms with Crippen LogP contribution in [-0.2, 0) is 23.4 Å². The molecule has 3 aliphatic rings. The number of carbonyl (C=O) groups is 3. The first-order chi connectivity index (χ1) is 16.0. The van der Waals surface area contributed by atoms with Crippen molar-refractivity contribution in [3.05, 3.63) is 77.5 Å². The van der Waals surface area contributed by atoms with Gasteiger partial charge in [0.05, 0.1) is 11.1 Å². The average molecular weight is 441 g/mol. The maximum atomic E-state index is 13.2. The minimum atomic E-state index is -0.211. The van der Waals surface area contributed by atoms with Crippen LogP contribution in [0.1, 0.15) is 51.2 Å². The fourth-order valence-corrected chi connectivity index (χ4v) is 5.44. The topological polar surface area (TPSA) is 83.4 Å². The molecule has 33 heavy (non-hydrogen) atoms. The number of amides is 3. The van der Waals surface area contributed by atoms with E-state index in [-0.39, 0.29) is 23.3 Å². The lowest BCUT2D eigenvalue weighted by Crippen LogP contribution is -2.55. The molecular weight excluding hydrogens is 416 g/mol. The second-order valence-electron chi connectivity index (χ2n) is 9.19. The number of rotatable bonds is 3. The average Bonchev–Trinajstić information content (AvgIpc) is 3.41. The number of aromatic nitrogens is 1. The van der Waals surface area contributed by atoms with Crippen LogP contribution in [0.4, 0.5) is 5.69 Å². The molecule has 6 rings (SSSR count). The van der Waals surface area contributed by atoms with Crippen molar-refractivity contribution in [2.45, 2.75) is 37.9 Å². The molecule has 0 bridgehead atoms. The SMILES string of the molecule is C=CC(=O)N1Cc2cccc(NC(=O)c3ccc4cc5n(c4c3)C3(CCC3)CNC5=O)c2C1. The van der Waals surface area contributed by atoms with Crippen LogP contribution < -0.4 is 10.6 Å². The quantitative estimate of drug-likeness (QED) is 0.611. The minimum absolute atomic E-state index is 0.0619. The number of benzene rings is 2. The van der Waals surface area contributed by atoms with Gasteiger partial charge < -0.3 is 20.1 Å². The van der Waals surface area contributed by atoms with Crippen LogP contribution in [0.5, 0.6) is 0 Å². The highest BCUT2D eigenvalue weighted by Gasteiger charge is 2.44. The summed E-state index contributed by atoms with van der Waals surface area (Å²) in [4.78, 5) is 39.5. The lowest BCUT2D eigenvalue weighted by Gasteiger charge is -2.47. The fourth-order valence-electron chi connectivity index (χ4n) is 5.44. The van der Waals surface area contributed by atoms with Crippen LogP contribution in [0.15, 0.2) is 55.1 Å². The molecule has 1 aliphatic carbocycles. The molecule has 0 atom stereocenters. The second-order valence-corrected chi connectivity index (χ2v) is 9.19. The number of nitrogens with zero attached hydrogens (tertiary/aromatic N) is 2. The zero-order chi connectivity index (χ0) is 22.7. The van der Waals surface area contributed by atoms with E-state index >= 15 is 0 Å². The highest BCUT2D eigenvalue weighted by molar-refractivity contribution is 6.08. The van der Waals surface area contributed by atoms with Crippen LogP contribution in [0, 0.1) is 0 Å². The maximum absolute atomic E-state index is 13.2. The van der Waals surface area contributed by atoms with E-state index in [1.807, 2.05) is 36.4 Å². The summed E-state index contributed by atoms with van der Waals surface area (Å²) >= 11 is 0. The zero-order valence-corrected chi connectivity index (χ0v) is 18.2. The van der Waals surface area contributed by atoms with Gasteiger partial charge in [0, 0.05) is 41.8 Å². The van der Waals surface area contributed by atoms with Gasteiger partial charge in [0.15, 0.2) is 0 Å². The molecule has 0 unspecified atom stereocenters. The van der Waals surface area contributed by atoms with Crippen LogP contribution in [-0.4, -0.2) is 33.7 Å². The van der Waals surface area contributed by atoms with Gasteiger partial charge in [-0.2, -0.15) is 0 Å². The van der Waals surface area contributed by atoms with Crippen LogP contribution >= 0.6 is 0 Å². The Kier molecular flexibility index (Phi) is 4.24. The van der Waals surface area contributed by atoms with Gasteiger partial charge in [-0.3, -0.25) is 14.4 Å². The highest BCUT2D eigenvalue weighted by Crippen LogP contribution is 2.44. The first kappa shape index (κ1) is 19.8. The number of anilines is 1. The molecule has 1 spiro atoms. The Hall–Kier alpha value is -3.87. The van der Waals surface area contributed by atoms with Crippen molar-refractivity contribution < 1.29 is 14.4 Å². The first-order valence-corrected chi connectivity index (χ1v) is 11.3. The fraction of sp³-hybridized carbons (Fsp3) is 0.269. The van der Waals surface area contributed by atoms with Gasteiger partial charge >= 0.3 is 0 Å². The Balaban J connectivity index is 1.34. The number of carbonyl (C=O) groups excluding carboxylic acids is 3. The summed E-state index contributed by atoms with van der Waals surface area (Å²) in [6.07, 6.45) is 4.50. The standard InChI is InChI=1S/C26H24N4O3/c1-2-23(31)29-13-18-5-3-6-20(19(18)14-29)28-24(32)17-8-7-16-11-22-25(33)27-15-26(9-4-10-26)30(22)21(16)12-17/h2-3,5-8,11-12H,1,4,9-10,13-15H2,(H,27,33)(H,28,32). The molecule has 3 aromatic rings. The summed E-state index contributed by atoms with van der Waals surface area (Å²) in [5.41, 5.74) is 4.74.